The van der Waals surface area contributed by atoms with E-state index in [2.05, 4.69) is 41.5 Å². The van der Waals surface area contributed by atoms with Gasteiger partial charge in [-0.1, -0.05) is 13.8 Å². The number of halogens is 1. The highest BCUT2D eigenvalue weighted by molar-refractivity contribution is 14.0. The average molecular weight is 550 g/mol. The molecule has 2 rings (SSSR count). The lowest BCUT2D eigenvalue weighted by molar-refractivity contribution is 0.0279. The standard InChI is InChI=1S/C21H39N7O2.HI/c1-8-17-25-18-11-10-16(14-28(18)26-17)24-19(22-9-2)23-12-15(3)13-27(7)20(29)30-21(4,5)6;/h15-16H,8-14H2,1-7H3,(H2,22,23,24);1H. The summed E-state index contributed by atoms with van der Waals surface area (Å²) in [4.78, 5) is 23.1. The molecule has 10 heteroatoms. The molecule has 1 aromatic rings. The fourth-order valence-corrected chi connectivity index (χ4v) is 3.33. The number of aliphatic imine (C=N–C) groups is 1. The van der Waals surface area contributed by atoms with Crippen LogP contribution in [0.15, 0.2) is 4.99 Å². The van der Waals surface area contributed by atoms with Crippen LogP contribution < -0.4 is 10.6 Å². The van der Waals surface area contributed by atoms with Crippen LogP contribution in [0.2, 0.25) is 0 Å². The van der Waals surface area contributed by atoms with Gasteiger partial charge in [0.15, 0.2) is 11.8 Å². The van der Waals surface area contributed by atoms with Gasteiger partial charge in [0.25, 0.3) is 0 Å². The summed E-state index contributed by atoms with van der Waals surface area (Å²) < 4.78 is 7.43. The summed E-state index contributed by atoms with van der Waals surface area (Å²) in [5.41, 5.74) is -0.489. The molecule has 0 bridgehead atoms. The first-order valence-electron chi connectivity index (χ1n) is 11.0. The SMILES string of the molecule is CCNC(=NCC(C)CN(C)C(=O)OC(C)(C)C)NC1CCc2nc(CC)nn2C1.I. The highest BCUT2D eigenvalue weighted by atomic mass is 127. The van der Waals surface area contributed by atoms with Crippen LogP contribution in [0.3, 0.4) is 0 Å². The molecule has 31 heavy (non-hydrogen) atoms. The number of nitrogens with zero attached hydrogens (tertiary/aromatic N) is 5. The van der Waals surface area contributed by atoms with Gasteiger partial charge in [0.05, 0.1) is 6.54 Å². The molecular weight excluding hydrogens is 509 g/mol. The summed E-state index contributed by atoms with van der Waals surface area (Å²) in [7, 11) is 1.76. The third-order valence-corrected chi connectivity index (χ3v) is 4.76. The number of fused-ring (bicyclic) bond motifs is 1. The van der Waals surface area contributed by atoms with Crippen LogP contribution in [0.5, 0.6) is 0 Å². The van der Waals surface area contributed by atoms with Crippen molar-refractivity contribution in [3.63, 3.8) is 0 Å². The molecule has 1 amide bonds. The predicted molar refractivity (Wildman–Crippen MR) is 134 cm³/mol. The molecule has 0 fully saturated rings. The summed E-state index contributed by atoms with van der Waals surface area (Å²) in [6.07, 6.45) is 2.47. The number of amides is 1. The zero-order valence-electron chi connectivity index (χ0n) is 20.1. The molecule has 0 radical (unpaired) electrons. The maximum Gasteiger partial charge on any atom is 0.410 e. The fraction of sp³-hybridized carbons (Fsp3) is 0.810. The van der Waals surface area contributed by atoms with Gasteiger partial charge in [0.1, 0.15) is 11.4 Å². The Morgan fingerprint density at radius 1 is 1.39 bits per heavy atom. The second-order valence-electron chi connectivity index (χ2n) is 9.05. The van der Waals surface area contributed by atoms with E-state index in [0.29, 0.717) is 13.1 Å². The number of aromatic nitrogens is 3. The van der Waals surface area contributed by atoms with Crippen LogP contribution in [0.1, 0.15) is 59.6 Å². The Bertz CT molecular complexity index is 730. The van der Waals surface area contributed by atoms with Gasteiger partial charge in [0, 0.05) is 45.6 Å². The monoisotopic (exact) mass is 549 g/mol. The Hall–Kier alpha value is -1.59. The lowest BCUT2D eigenvalue weighted by Crippen LogP contribution is -2.47. The normalized spacial score (nSPS) is 17.3. The molecule has 2 heterocycles. The predicted octanol–water partition coefficient (Wildman–Crippen LogP) is 2.83. The zero-order valence-corrected chi connectivity index (χ0v) is 22.4. The second kappa shape index (κ2) is 12.4. The molecule has 2 atom stereocenters. The molecule has 178 valence electrons. The van der Waals surface area contributed by atoms with Gasteiger partial charge in [-0.15, -0.1) is 24.0 Å². The van der Waals surface area contributed by atoms with Gasteiger partial charge in [-0.05, 0) is 40.0 Å². The van der Waals surface area contributed by atoms with Crippen LogP contribution in [-0.4, -0.2) is 70.0 Å². The van der Waals surface area contributed by atoms with Crippen molar-refractivity contribution in [2.24, 2.45) is 10.9 Å². The van der Waals surface area contributed by atoms with E-state index < -0.39 is 5.60 Å². The Kier molecular flexibility index (Phi) is 11.0. The van der Waals surface area contributed by atoms with Crippen LogP contribution in [0.4, 0.5) is 4.79 Å². The maximum atomic E-state index is 12.2. The van der Waals surface area contributed by atoms with Gasteiger partial charge >= 0.3 is 6.09 Å². The number of aryl methyl sites for hydroxylation is 2. The van der Waals surface area contributed by atoms with Crippen molar-refractivity contribution in [1.29, 1.82) is 0 Å². The average Bonchev–Trinajstić information content (AvgIpc) is 3.07. The van der Waals surface area contributed by atoms with Crippen LogP contribution in [0, 0.1) is 5.92 Å². The molecule has 0 aliphatic carbocycles. The smallest absolute Gasteiger partial charge is 0.410 e. The lowest BCUT2D eigenvalue weighted by Gasteiger charge is -2.27. The van der Waals surface area contributed by atoms with Crippen molar-refractivity contribution >= 4 is 36.0 Å². The number of hydrogen-bond donors (Lipinski definition) is 2. The lowest BCUT2D eigenvalue weighted by atomic mass is 10.1. The van der Waals surface area contributed by atoms with Crippen molar-refractivity contribution in [1.82, 2.24) is 30.3 Å². The summed E-state index contributed by atoms with van der Waals surface area (Å²) >= 11 is 0. The van der Waals surface area contributed by atoms with Crippen molar-refractivity contribution in [2.75, 3.05) is 26.7 Å². The first-order valence-corrected chi connectivity index (χ1v) is 11.0. The number of rotatable bonds is 7. The molecule has 9 nitrogen and oxygen atoms in total. The molecule has 0 aromatic carbocycles. The van der Waals surface area contributed by atoms with Crippen molar-refractivity contribution in [3.05, 3.63) is 11.6 Å². The zero-order chi connectivity index (χ0) is 22.3. The summed E-state index contributed by atoms with van der Waals surface area (Å²) in [6.45, 7) is 14.6. The Balaban J connectivity index is 0.00000480. The van der Waals surface area contributed by atoms with E-state index in [0.717, 1.165) is 50.0 Å². The molecule has 2 N–H and O–H groups in total. The van der Waals surface area contributed by atoms with E-state index in [1.54, 1.807) is 11.9 Å². The number of carbonyl (C=O) groups is 1. The van der Waals surface area contributed by atoms with Crippen LogP contribution >= 0.6 is 24.0 Å². The van der Waals surface area contributed by atoms with E-state index in [1.165, 1.54) is 0 Å². The van der Waals surface area contributed by atoms with Gasteiger partial charge in [-0.2, -0.15) is 5.10 Å². The molecule has 1 aliphatic rings. The molecule has 0 saturated heterocycles. The van der Waals surface area contributed by atoms with Crippen LogP contribution in [0.25, 0.3) is 0 Å². The summed E-state index contributed by atoms with van der Waals surface area (Å²) in [5.74, 6) is 2.99. The Morgan fingerprint density at radius 3 is 2.71 bits per heavy atom. The molecule has 0 saturated carbocycles. The Morgan fingerprint density at radius 2 is 2.10 bits per heavy atom. The Labute approximate surface area is 203 Å². The third-order valence-electron chi connectivity index (χ3n) is 4.76. The molecule has 2 unspecified atom stereocenters. The van der Waals surface area contributed by atoms with Gasteiger partial charge in [0.2, 0.25) is 0 Å². The number of carbonyl (C=O) groups excluding carboxylic acids is 1. The van der Waals surface area contributed by atoms with E-state index in [-0.39, 0.29) is 42.0 Å². The quantitative estimate of drug-likeness (QED) is 0.309. The minimum Gasteiger partial charge on any atom is -0.444 e. The van der Waals surface area contributed by atoms with Gasteiger partial charge < -0.3 is 20.3 Å². The molecule has 0 spiro atoms. The second-order valence-corrected chi connectivity index (χ2v) is 9.05. The van der Waals surface area contributed by atoms with E-state index in [9.17, 15) is 4.79 Å². The van der Waals surface area contributed by atoms with Crippen molar-refractivity contribution in [2.45, 2.75) is 79.0 Å². The fourth-order valence-electron chi connectivity index (χ4n) is 3.33. The van der Waals surface area contributed by atoms with Gasteiger partial charge in [-0.25, -0.2) is 14.5 Å². The van der Waals surface area contributed by atoms with E-state index in [1.807, 2.05) is 25.5 Å². The highest BCUT2D eigenvalue weighted by Crippen LogP contribution is 2.14. The molecule has 1 aromatic heterocycles. The summed E-state index contributed by atoms with van der Waals surface area (Å²) in [6, 6.07) is 0.265. The topological polar surface area (TPSA) is 96.7 Å². The van der Waals surface area contributed by atoms with Crippen molar-refractivity contribution < 1.29 is 9.53 Å². The highest BCUT2D eigenvalue weighted by Gasteiger charge is 2.23. The number of hydrogen-bond acceptors (Lipinski definition) is 5. The van der Waals surface area contributed by atoms with Crippen molar-refractivity contribution in [3.8, 4) is 0 Å². The molecular formula is C21H40IN7O2. The largest absolute Gasteiger partial charge is 0.444 e. The minimum absolute atomic E-state index is 0. The first-order chi connectivity index (χ1) is 14.1. The maximum absolute atomic E-state index is 12.2. The third kappa shape index (κ3) is 9.20. The van der Waals surface area contributed by atoms with Gasteiger partial charge in [-0.3, -0.25) is 4.99 Å². The number of ether oxygens (including phenoxy) is 1. The molecule has 1 aliphatic heterocycles. The van der Waals surface area contributed by atoms with E-state index in [4.69, 9.17) is 9.73 Å². The number of guanidine groups is 1. The first kappa shape index (κ1) is 27.4. The minimum atomic E-state index is -0.489. The number of nitrogens with one attached hydrogen (secondary N) is 2. The van der Waals surface area contributed by atoms with E-state index >= 15 is 0 Å². The van der Waals surface area contributed by atoms with Crippen LogP contribution in [-0.2, 0) is 24.1 Å². The summed E-state index contributed by atoms with van der Waals surface area (Å²) in [5, 5.41) is 11.4.